The van der Waals surface area contributed by atoms with Crippen LogP contribution in [0.4, 0.5) is 18.2 Å². The zero-order valence-corrected chi connectivity index (χ0v) is 22.0. The lowest BCUT2D eigenvalue weighted by Gasteiger charge is -2.18. The number of hydrogen-bond donors (Lipinski definition) is 1. The van der Waals surface area contributed by atoms with Crippen molar-refractivity contribution >= 4 is 56.8 Å². The number of aromatic nitrogens is 3. The average molecular weight is 569 g/mol. The largest absolute Gasteiger partial charge is 0.462 e. The van der Waals surface area contributed by atoms with Crippen LogP contribution < -0.4 is 5.32 Å². The molecule has 1 N–H and O–H groups in total. The molecular weight excluding hydrogens is 549 g/mol. The molecular formula is C24H20ClF3N4O3S2. The molecule has 37 heavy (non-hydrogen) atoms. The van der Waals surface area contributed by atoms with Crippen molar-refractivity contribution in [2.24, 2.45) is 5.92 Å². The predicted molar refractivity (Wildman–Crippen MR) is 136 cm³/mol. The molecule has 0 spiro atoms. The fourth-order valence-corrected chi connectivity index (χ4v) is 6.64. The minimum atomic E-state index is -4.78. The Morgan fingerprint density at radius 3 is 2.81 bits per heavy atom. The van der Waals surface area contributed by atoms with Crippen LogP contribution in [0.2, 0.25) is 5.02 Å². The van der Waals surface area contributed by atoms with Gasteiger partial charge in [0, 0.05) is 4.88 Å². The summed E-state index contributed by atoms with van der Waals surface area (Å²) in [6.45, 7) is 3.95. The first kappa shape index (κ1) is 25.7. The van der Waals surface area contributed by atoms with E-state index < -0.39 is 29.4 Å². The third kappa shape index (κ3) is 4.73. The first-order valence-corrected chi connectivity index (χ1v) is 13.5. The molecule has 0 fully saturated rings. The molecule has 1 aliphatic rings. The van der Waals surface area contributed by atoms with Crippen molar-refractivity contribution < 1.29 is 27.5 Å². The van der Waals surface area contributed by atoms with E-state index in [1.54, 1.807) is 24.4 Å². The molecule has 0 radical (unpaired) electrons. The Labute approximate surface area is 222 Å². The number of ether oxygens (including phenoxy) is 1. The second kappa shape index (κ2) is 9.73. The number of esters is 1. The molecule has 5 rings (SSSR count). The number of nitrogens with zero attached hydrogens (tertiary/aromatic N) is 3. The fourth-order valence-electron chi connectivity index (χ4n) is 4.31. The van der Waals surface area contributed by atoms with E-state index in [2.05, 4.69) is 22.3 Å². The lowest BCUT2D eigenvalue weighted by Crippen LogP contribution is -2.18. The van der Waals surface area contributed by atoms with Crippen LogP contribution >= 0.6 is 34.3 Å². The van der Waals surface area contributed by atoms with Crippen LogP contribution in [0.25, 0.3) is 16.2 Å². The molecule has 7 nitrogen and oxygen atoms in total. The molecule has 13 heteroatoms. The average Bonchev–Trinajstić information content (AvgIpc) is 3.55. The van der Waals surface area contributed by atoms with Gasteiger partial charge in [-0.3, -0.25) is 4.79 Å². The number of rotatable bonds is 5. The zero-order valence-electron chi connectivity index (χ0n) is 19.6. The quantitative estimate of drug-likeness (QED) is 0.269. The predicted octanol–water partition coefficient (Wildman–Crippen LogP) is 6.75. The maximum Gasteiger partial charge on any atom is 0.433 e. The minimum Gasteiger partial charge on any atom is -0.462 e. The number of alkyl halides is 3. The monoisotopic (exact) mass is 568 g/mol. The van der Waals surface area contributed by atoms with Gasteiger partial charge in [-0.15, -0.1) is 22.7 Å². The Balaban J connectivity index is 1.58. The van der Waals surface area contributed by atoms with E-state index in [0.29, 0.717) is 21.7 Å². The molecule has 0 bridgehead atoms. The van der Waals surface area contributed by atoms with Gasteiger partial charge in [-0.05, 0) is 55.2 Å². The molecule has 4 aromatic rings. The van der Waals surface area contributed by atoms with E-state index in [0.717, 1.165) is 29.3 Å². The van der Waals surface area contributed by atoms with Gasteiger partial charge in [0.15, 0.2) is 17.0 Å². The summed E-state index contributed by atoms with van der Waals surface area (Å²) in [6, 6.07) is 4.20. The highest BCUT2D eigenvalue weighted by Crippen LogP contribution is 2.41. The van der Waals surface area contributed by atoms with Crippen molar-refractivity contribution in [1.82, 2.24) is 14.6 Å². The Hall–Kier alpha value is -2.96. The topological polar surface area (TPSA) is 85.6 Å². The molecule has 1 amide bonds. The maximum absolute atomic E-state index is 13.9. The third-order valence-corrected chi connectivity index (χ3v) is 8.44. The van der Waals surface area contributed by atoms with E-state index in [1.807, 2.05) is 0 Å². The zero-order chi connectivity index (χ0) is 26.5. The number of halogens is 4. The van der Waals surface area contributed by atoms with Gasteiger partial charge in [0.05, 0.1) is 22.7 Å². The summed E-state index contributed by atoms with van der Waals surface area (Å²) in [5.41, 5.74) is -0.675. The highest BCUT2D eigenvalue weighted by Gasteiger charge is 2.37. The summed E-state index contributed by atoms with van der Waals surface area (Å²) in [4.78, 5) is 31.8. The number of thiophene rings is 2. The van der Waals surface area contributed by atoms with Crippen LogP contribution in [0.3, 0.4) is 0 Å². The van der Waals surface area contributed by atoms with Crippen LogP contribution in [0.15, 0.2) is 23.6 Å². The summed E-state index contributed by atoms with van der Waals surface area (Å²) in [5, 5.41) is 8.19. The Morgan fingerprint density at radius 2 is 2.14 bits per heavy atom. The van der Waals surface area contributed by atoms with Crippen molar-refractivity contribution in [3.05, 3.63) is 56.0 Å². The molecule has 1 atom stereocenters. The second-order valence-electron chi connectivity index (χ2n) is 8.63. The van der Waals surface area contributed by atoms with Gasteiger partial charge < -0.3 is 10.1 Å². The van der Waals surface area contributed by atoms with Crippen LogP contribution in [-0.2, 0) is 23.8 Å². The van der Waals surface area contributed by atoms with Crippen molar-refractivity contribution in [3.63, 3.8) is 0 Å². The third-order valence-electron chi connectivity index (χ3n) is 6.03. The van der Waals surface area contributed by atoms with Gasteiger partial charge in [-0.1, -0.05) is 24.6 Å². The molecule has 0 unspecified atom stereocenters. The molecule has 4 heterocycles. The van der Waals surface area contributed by atoms with Gasteiger partial charge in [0.25, 0.3) is 5.91 Å². The number of carbonyl (C=O) groups excluding carboxylic acids is 2. The van der Waals surface area contributed by atoms with Gasteiger partial charge in [-0.25, -0.2) is 14.3 Å². The van der Waals surface area contributed by atoms with Crippen molar-refractivity contribution in [2.45, 2.75) is 39.3 Å². The number of anilines is 1. The standard InChI is InChI=1S/C24H20ClF3N4O3S2/c1-3-35-23(34)17-12-7-6-11(2)9-15(12)37-22(17)30-21(33)19-18(25)20-29-13(14-5-4-8-36-14)10-16(24(26,27)28)32(20)31-19/h4-5,8,10-11H,3,6-7,9H2,1-2H3,(H,30,33)/t11-/m1/s1. The molecule has 0 aromatic carbocycles. The first-order chi connectivity index (χ1) is 17.6. The lowest BCUT2D eigenvalue weighted by molar-refractivity contribution is -0.142. The molecule has 0 aliphatic heterocycles. The number of fused-ring (bicyclic) bond motifs is 2. The highest BCUT2D eigenvalue weighted by molar-refractivity contribution is 7.17. The molecule has 0 saturated heterocycles. The number of hydrogen-bond acceptors (Lipinski definition) is 7. The van der Waals surface area contributed by atoms with Crippen molar-refractivity contribution in [1.29, 1.82) is 0 Å². The van der Waals surface area contributed by atoms with Gasteiger partial charge >= 0.3 is 12.1 Å². The molecule has 0 saturated carbocycles. The SMILES string of the molecule is CCOC(=O)c1c(NC(=O)c2nn3c(C(F)(F)F)cc(-c4cccs4)nc3c2Cl)sc2c1CC[C@@H](C)C2. The lowest BCUT2D eigenvalue weighted by atomic mass is 9.88. The number of carbonyl (C=O) groups is 2. The van der Waals surface area contributed by atoms with Crippen molar-refractivity contribution in [3.8, 4) is 10.6 Å². The van der Waals surface area contributed by atoms with Crippen LogP contribution in [0.1, 0.15) is 57.2 Å². The smallest absolute Gasteiger partial charge is 0.433 e. The van der Waals surface area contributed by atoms with Gasteiger partial charge in [-0.2, -0.15) is 18.3 Å². The molecule has 4 aromatic heterocycles. The summed E-state index contributed by atoms with van der Waals surface area (Å²) < 4.78 is 47.5. The first-order valence-electron chi connectivity index (χ1n) is 11.4. The van der Waals surface area contributed by atoms with E-state index in [9.17, 15) is 22.8 Å². The maximum atomic E-state index is 13.9. The second-order valence-corrected chi connectivity index (χ2v) is 11.1. The van der Waals surface area contributed by atoms with E-state index in [1.165, 1.54) is 22.7 Å². The van der Waals surface area contributed by atoms with Gasteiger partial charge in [0.2, 0.25) is 0 Å². The Morgan fingerprint density at radius 1 is 1.35 bits per heavy atom. The Bertz CT molecular complexity index is 1510. The van der Waals surface area contributed by atoms with E-state index >= 15 is 0 Å². The fraction of sp³-hybridized carbons (Fsp3) is 0.333. The summed E-state index contributed by atoms with van der Waals surface area (Å²) in [7, 11) is 0. The van der Waals surface area contributed by atoms with E-state index in [4.69, 9.17) is 16.3 Å². The van der Waals surface area contributed by atoms with E-state index in [-0.39, 0.29) is 33.5 Å². The minimum absolute atomic E-state index is 0.0632. The summed E-state index contributed by atoms with van der Waals surface area (Å²) in [6.07, 6.45) is -2.48. The number of nitrogens with one attached hydrogen (secondary N) is 1. The van der Waals surface area contributed by atoms with Crippen molar-refractivity contribution in [2.75, 3.05) is 11.9 Å². The summed E-state index contributed by atoms with van der Waals surface area (Å²) >= 11 is 8.87. The summed E-state index contributed by atoms with van der Waals surface area (Å²) in [5.74, 6) is -0.993. The highest BCUT2D eigenvalue weighted by atomic mass is 35.5. The molecule has 1 aliphatic carbocycles. The van der Waals surface area contributed by atoms with Gasteiger partial charge in [0.1, 0.15) is 10.0 Å². The molecule has 194 valence electrons. The van der Waals surface area contributed by atoms with Crippen LogP contribution in [0.5, 0.6) is 0 Å². The Kier molecular flexibility index (Phi) is 6.75. The van der Waals surface area contributed by atoms with Crippen LogP contribution in [-0.4, -0.2) is 33.1 Å². The van der Waals surface area contributed by atoms with Crippen LogP contribution in [0, 0.1) is 5.92 Å². The number of amides is 1. The normalized spacial score (nSPS) is 15.6.